The van der Waals surface area contributed by atoms with Crippen LogP contribution in [0.3, 0.4) is 0 Å². The van der Waals surface area contributed by atoms with Crippen LogP contribution >= 0.6 is 15.9 Å². The molecular weight excluding hydrogens is 360 g/mol. The van der Waals surface area contributed by atoms with Crippen LogP contribution in [0.5, 0.6) is 0 Å². The highest BCUT2D eigenvalue weighted by Gasteiger charge is 2.28. The second-order valence-corrected chi connectivity index (χ2v) is 7.69. The Hall–Kier alpha value is -0.990. The number of nitrogens with zero attached hydrogens (tertiary/aromatic N) is 2. The number of pyridine rings is 1. The van der Waals surface area contributed by atoms with E-state index in [0.717, 1.165) is 4.31 Å². The van der Waals surface area contributed by atoms with Crippen molar-refractivity contribution < 1.29 is 17.9 Å². The Morgan fingerprint density at radius 2 is 2.10 bits per heavy atom. The Kier molecular flexibility index (Phi) is 6.76. The maximum atomic E-state index is 12.6. The number of hydrogen-bond donors (Lipinski definition) is 0. The number of rotatable bonds is 7. The first kappa shape index (κ1) is 18.1. The average Bonchev–Trinajstić information content (AvgIpc) is 2.37. The van der Waals surface area contributed by atoms with E-state index in [0.29, 0.717) is 4.47 Å². The Labute approximate surface area is 133 Å². The Morgan fingerprint density at radius 1 is 1.43 bits per heavy atom. The molecule has 6 nitrogen and oxygen atoms in total. The third-order valence-corrected chi connectivity index (χ3v) is 4.71. The standard InChI is InChI=1S/C13H19BrN2O4S/c1-4-20-13(17)9-16(8-10(2)3)21(18,19)12-5-11(14)6-15-7-12/h5-7,10H,4,8-9H2,1-3H3. The molecule has 1 aromatic heterocycles. The number of carbonyl (C=O) groups excluding carboxylic acids is 1. The summed E-state index contributed by atoms with van der Waals surface area (Å²) < 4.78 is 31.8. The predicted octanol–water partition coefficient (Wildman–Crippen LogP) is 2.05. The van der Waals surface area contributed by atoms with Crippen molar-refractivity contribution in [2.45, 2.75) is 25.7 Å². The van der Waals surface area contributed by atoms with Crippen LogP contribution in [-0.2, 0) is 19.6 Å². The van der Waals surface area contributed by atoms with Crippen molar-refractivity contribution in [2.75, 3.05) is 19.7 Å². The summed E-state index contributed by atoms with van der Waals surface area (Å²) in [7, 11) is -3.79. The van der Waals surface area contributed by atoms with Crippen LogP contribution in [0.1, 0.15) is 20.8 Å². The van der Waals surface area contributed by atoms with Crippen LogP contribution in [0.2, 0.25) is 0 Å². The largest absolute Gasteiger partial charge is 0.465 e. The molecule has 118 valence electrons. The maximum absolute atomic E-state index is 12.6. The van der Waals surface area contributed by atoms with E-state index in [9.17, 15) is 13.2 Å². The highest BCUT2D eigenvalue weighted by Crippen LogP contribution is 2.19. The summed E-state index contributed by atoms with van der Waals surface area (Å²) in [4.78, 5) is 15.5. The smallest absolute Gasteiger partial charge is 0.321 e. The van der Waals surface area contributed by atoms with Crippen molar-refractivity contribution in [3.8, 4) is 0 Å². The van der Waals surface area contributed by atoms with Crippen LogP contribution < -0.4 is 0 Å². The van der Waals surface area contributed by atoms with Crippen LogP contribution in [0.4, 0.5) is 0 Å². The SMILES string of the molecule is CCOC(=O)CN(CC(C)C)S(=O)(=O)c1cncc(Br)c1. The van der Waals surface area contributed by atoms with Gasteiger partial charge < -0.3 is 4.74 Å². The van der Waals surface area contributed by atoms with E-state index in [1.54, 1.807) is 6.92 Å². The molecule has 8 heteroatoms. The number of aromatic nitrogens is 1. The Balaban J connectivity index is 3.08. The second kappa shape index (κ2) is 7.86. The van der Waals surface area contributed by atoms with Crippen molar-refractivity contribution in [1.82, 2.24) is 9.29 Å². The number of hydrogen-bond acceptors (Lipinski definition) is 5. The summed E-state index contributed by atoms with van der Waals surface area (Å²) in [5.74, 6) is -0.487. The van der Waals surface area contributed by atoms with Gasteiger partial charge in [-0.05, 0) is 34.8 Å². The quantitative estimate of drug-likeness (QED) is 0.678. The van der Waals surface area contributed by atoms with Gasteiger partial charge in [-0.3, -0.25) is 9.78 Å². The van der Waals surface area contributed by atoms with E-state index in [1.165, 1.54) is 18.5 Å². The fourth-order valence-electron chi connectivity index (χ4n) is 1.69. The lowest BCUT2D eigenvalue weighted by Crippen LogP contribution is -2.39. The van der Waals surface area contributed by atoms with Crippen LogP contribution in [0.15, 0.2) is 27.8 Å². The van der Waals surface area contributed by atoms with E-state index >= 15 is 0 Å². The molecule has 0 aromatic carbocycles. The van der Waals surface area contributed by atoms with E-state index in [4.69, 9.17) is 4.74 Å². The predicted molar refractivity (Wildman–Crippen MR) is 82.2 cm³/mol. The third-order valence-electron chi connectivity index (χ3n) is 2.50. The molecule has 0 aliphatic heterocycles. The number of halogens is 1. The molecule has 21 heavy (non-hydrogen) atoms. The molecule has 0 spiro atoms. The van der Waals surface area contributed by atoms with Gasteiger partial charge in [-0.15, -0.1) is 0 Å². The zero-order valence-corrected chi connectivity index (χ0v) is 14.6. The zero-order valence-electron chi connectivity index (χ0n) is 12.2. The molecule has 0 N–H and O–H groups in total. The first-order valence-corrected chi connectivity index (χ1v) is 8.77. The minimum atomic E-state index is -3.79. The van der Waals surface area contributed by atoms with Gasteiger partial charge >= 0.3 is 5.97 Å². The molecule has 0 amide bonds. The molecule has 0 aliphatic carbocycles. The molecule has 0 fully saturated rings. The van der Waals surface area contributed by atoms with Gasteiger partial charge in [0.1, 0.15) is 11.4 Å². The summed E-state index contributed by atoms with van der Waals surface area (Å²) >= 11 is 3.19. The molecule has 0 atom stereocenters. The van der Waals surface area contributed by atoms with Gasteiger partial charge in [0, 0.05) is 23.4 Å². The van der Waals surface area contributed by atoms with Gasteiger partial charge in [-0.2, -0.15) is 4.31 Å². The molecule has 1 heterocycles. The molecule has 0 bridgehead atoms. The monoisotopic (exact) mass is 378 g/mol. The molecule has 1 rings (SSSR count). The summed E-state index contributed by atoms with van der Waals surface area (Å²) in [6.07, 6.45) is 2.76. The lowest BCUT2D eigenvalue weighted by molar-refractivity contribution is -0.143. The van der Waals surface area contributed by atoms with Gasteiger partial charge in [0.05, 0.1) is 6.61 Å². The second-order valence-electron chi connectivity index (χ2n) is 4.84. The van der Waals surface area contributed by atoms with E-state index < -0.39 is 16.0 Å². The highest BCUT2D eigenvalue weighted by molar-refractivity contribution is 9.10. The third kappa shape index (κ3) is 5.37. The Bertz CT molecular complexity index is 590. The van der Waals surface area contributed by atoms with Crippen molar-refractivity contribution >= 4 is 31.9 Å². The number of sulfonamides is 1. The van der Waals surface area contributed by atoms with Crippen molar-refractivity contribution in [2.24, 2.45) is 5.92 Å². The van der Waals surface area contributed by atoms with Crippen molar-refractivity contribution in [1.29, 1.82) is 0 Å². The summed E-state index contributed by atoms with van der Waals surface area (Å²) in [5.41, 5.74) is 0. The van der Waals surface area contributed by atoms with E-state index in [1.807, 2.05) is 13.8 Å². The van der Waals surface area contributed by atoms with Gasteiger partial charge in [0.2, 0.25) is 10.0 Å². The van der Waals surface area contributed by atoms with Crippen LogP contribution in [0, 0.1) is 5.92 Å². The normalized spacial score (nSPS) is 11.9. The van der Waals surface area contributed by atoms with Gasteiger partial charge in [-0.25, -0.2) is 8.42 Å². The minimum absolute atomic E-state index is 0.0434. The lowest BCUT2D eigenvalue weighted by atomic mass is 10.2. The van der Waals surface area contributed by atoms with Gasteiger partial charge in [0.25, 0.3) is 0 Å². The van der Waals surface area contributed by atoms with E-state index in [2.05, 4.69) is 20.9 Å². The highest BCUT2D eigenvalue weighted by atomic mass is 79.9. The summed E-state index contributed by atoms with van der Waals surface area (Å²) in [6.45, 7) is 5.58. The lowest BCUT2D eigenvalue weighted by Gasteiger charge is -2.23. The molecule has 1 aromatic rings. The molecule has 0 saturated heterocycles. The average molecular weight is 379 g/mol. The molecular formula is C13H19BrN2O4S. The first-order valence-electron chi connectivity index (χ1n) is 6.53. The molecule has 0 unspecified atom stereocenters. The topological polar surface area (TPSA) is 76.6 Å². The fourth-order valence-corrected chi connectivity index (χ4v) is 3.74. The van der Waals surface area contributed by atoms with Crippen LogP contribution in [0.25, 0.3) is 0 Å². The Morgan fingerprint density at radius 3 is 2.62 bits per heavy atom. The number of esters is 1. The molecule has 0 aliphatic rings. The van der Waals surface area contributed by atoms with E-state index in [-0.39, 0.29) is 30.5 Å². The number of carbonyl (C=O) groups is 1. The van der Waals surface area contributed by atoms with Crippen molar-refractivity contribution in [3.05, 3.63) is 22.9 Å². The van der Waals surface area contributed by atoms with Gasteiger partial charge in [-0.1, -0.05) is 13.8 Å². The van der Waals surface area contributed by atoms with Crippen molar-refractivity contribution in [3.63, 3.8) is 0 Å². The van der Waals surface area contributed by atoms with Crippen LogP contribution in [-0.4, -0.2) is 43.4 Å². The fraction of sp³-hybridized carbons (Fsp3) is 0.538. The summed E-state index contributed by atoms with van der Waals surface area (Å²) in [5, 5.41) is 0. The molecule has 0 radical (unpaired) electrons. The first-order chi connectivity index (χ1) is 9.77. The molecule has 0 saturated carbocycles. The number of ether oxygens (including phenoxy) is 1. The minimum Gasteiger partial charge on any atom is -0.465 e. The zero-order chi connectivity index (χ0) is 16.0. The maximum Gasteiger partial charge on any atom is 0.321 e. The van der Waals surface area contributed by atoms with Gasteiger partial charge in [0.15, 0.2) is 0 Å². The summed E-state index contributed by atoms with van der Waals surface area (Å²) in [6, 6.07) is 1.46.